The lowest BCUT2D eigenvalue weighted by molar-refractivity contribution is -0.873. The molecule has 182 valence electrons. The van der Waals surface area contributed by atoms with Gasteiger partial charge in [-0.15, -0.1) is 0 Å². The van der Waals surface area contributed by atoms with Crippen molar-refractivity contribution in [1.29, 1.82) is 0 Å². The fourth-order valence-electron chi connectivity index (χ4n) is 3.17. The molecule has 0 bridgehead atoms. The van der Waals surface area contributed by atoms with E-state index < -0.39 is 12.1 Å². The lowest BCUT2D eigenvalue weighted by Gasteiger charge is -2.29. The lowest BCUT2D eigenvalue weighted by Crippen LogP contribution is -2.45. The third kappa shape index (κ3) is 22.5. The Balaban J connectivity index is 3.76. The van der Waals surface area contributed by atoms with Crippen molar-refractivity contribution in [1.82, 2.24) is 0 Å². The summed E-state index contributed by atoms with van der Waals surface area (Å²) in [6, 6.07) is 0. The van der Waals surface area contributed by atoms with Crippen LogP contribution >= 0.6 is 0 Å². The van der Waals surface area contributed by atoms with Crippen LogP contribution in [0.25, 0.3) is 0 Å². The number of carbonyl (C=O) groups excluding carboxylic acids is 2. The van der Waals surface area contributed by atoms with Crippen LogP contribution < -0.4 is 5.11 Å². The van der Waals surface area contributed by atoms with Gasteiger partial charge in [0.2, 0.25) is 0 Å². The first-order chi connectivity index (χ1) is 15.2. The first-order valence-electron chi connectivity index (χ1n) is 12.0. The highest BCUT2D eigenvalue weighted by molar-refractivity contribution is 5.70. The number of carboxylic acids is 1. The predicted molar refractivity (Wildman–Crippen MR) is 131 cm³/mol. The number of nitrogens with zero attached hydrogens (tertiary/aromatic N) is 1. The number of rotatable bonds is 19. The summed E-state index contributed by atoms with van der Waals surface area (Å²) in [6.45, 7) is 2.60. The van der Waals surface area contributed by atoms with Gasteiger partial charge in [0.25, 0.3) is 0 Å². The molecule has 0 N–H and O–H groups in total. The van der Waals surface area contributed by atoms with E-state index in [2.05, 4.69) is 55.5 Å². The Morgan fingerprint density at radius 2 is 1.34 bits per heavy atom. The molecule has 5 heteroatoms. The van der Waals surface area contributed by atoms with Crippen LogP contribution in [0.5, 0.6) is 0 Å². The molecule has 32 heavy (non-hydrogen) atoms. The average Bonchev–Trinajstić information content (AvgIpc) is 2.68. The quantitative estimate of drug-likeness (QED) is 0.122. The van der Waals surface area contributed by atoms with Crippen molar-refractivity contribution in [3.8, 4) is 0 Å². The van der Waals surface area contributed by atoms with Gasteiger partial charge in [-0.25, -0.2) is 0 Å². The van der Waals surface area contributed by atoms with Crippen LogP contribution in [0, 0.1) is 0 Å². The van der Waals surface area contributed by atoms with Crippen molar-refractivity contribution >= 4 is 11.9 Å². The number of aliphatic carboxylic acids is 1. The fourth-order valence-corrected chi connectivity index (χ4v) is 3.17. The molecule has 0 aromatic carbocycles. The van der Waals surface area contributed by atoms with Gasteiger partial charge in [0, 0.05) is 18.8 Å². The van der Waals surface area contributed by atoms with Gasteiger partial charge in [-0.1, -0.05) is 68.4 Å². The number of hydrogen-bond donors (Lipinski definition) is 0. The van der Waals surface area contributed by atoms with Crippen LogP contribution in [0.4, 0.5) is 0 Å². The number of ether oxygens (including phenoxy) is 1. The molecule has 0 radical (unpaired) electrons. The Bertz CT molecular complexity index is 612. The van der Waals surface area contributed by atoms with Crippen LogP contribution in [0.15, 0.2) is 48.6 Å². The summed E-state index contributed by atoms with van der Waals surface area (Å²) in [4.78, 5) is 22.9. The number of quaternary nitrogens is 1. The summed E-state index contributed by atoms with van der Waals surface area (Å²) < 4.78 is 5.90. The zero-order chi connectivity index (χ0) is 24.1. The Hall–Kier alpha value is -2.14. The number of likely N-dealkylation sites (N-methyl/N-ethyl adjacent to an activating group) is 1. The van der Waals surface area contributed by atoms with Crippen LogP contribution in [0.2, 0.25) is 0 Å². The monoisotopic (exact) mass is 447 g/mol. The van der Waals surface area contributed by atoms with Crippen molar-refractivity contribution in [2.45, 2.75) is 83.7 Å². The van der Waals surface area contributed by atoms with E-state index in [1.54, 1.807) is 0 Å². The molecule has 0 saturated carbocycles. The minimum atomic E-state index is -1.19. The maximum absolute atomic E-state index is 12.0. The first-order valence-corrected chi connectivity index (χ1v) is 12.0. The molecular formula is C27H45NO4. The zero-order valence-corrected chi connectivity index (χ0v) is 20.8. The summed E-state index contributed by atoms with van der Waals surface area (Å²) in [5.41, 5.74) is 0. The number of unbranched alkanes of at least 4 members (excludes halogenated alkanes) is 4. The highest BCUT2D eigenvalue weighted by Crippen LogP contribution is 2.10. The zero-order valence-electron chi connectivity index (χ0n) is 20.8. The maximum atomic E-state index is 12.0. The van der Waals surface area contributed by atoms with E-state index in [-0.39, 0.29) is 12.4 Å². The van der Waals surface area contributed by atoms with Crippen LogP contribution in [-0.2, 0) is 14.3 Å². The van der Waals surface area contributed by atoms with Crippen molar-refractivity contribution in [2.75, 3.05) is 27.7 Å². The number of carboxylic acid groups (broad SMARTS) is 1. The Morgan fingerprint density at radius 3 is 1.88 bits per heavy atom. The number of allylic oxidation sites excluding steroid dienone is 8. The van der Waals surface area contributed by atoms with Crippen molar-refractivity contribution in [2.24, 2.45) is 0 Å². The van der Waals surface area contributed by atoms with Crippen LogP contribution in [-0.4, -0.2) is 50.2 Å². The first kappa shape index (κ1) is 29.9. The van der Waals surface area contributed by atoms with Crippen LogP contribution in [0.1, 0.15) is 77.6 Å². The molecule has 0 amide bonds. The molecular weight excluding hydrogens is 402 g/mol. The molecule has 0 aliphatic rings. The van der Waals surface area contributed by atoms with E-state index in [0.717, 1.165) is 57.8 Å². The van der Waals surface area contributed by atoms with Crippen molar-refractivity contribution in [3.63, 3.8) is 0 Å². The minimum Gasteiger partial charge on any atom is -0.550 e. The van der Waals surface area contributed by atoms with Crippen molar-refractivity contribution in [3.05, 3.63) is 48.6 Å². The predicted octanol–water partition coefficient (Wildman–Crippen LogP) is 4.89. The summed E-state index contributed by atoms with van der Waals surface area (Å²) in [6.07, 6.45) is 26.1. The molecule has 0 aromatic heterocycles. The topological polar surface area (TPSA) is 66.4 Å². The molecule has 0 aromatic rings. The summed E-state index contributed by atoms with van der Waals surface area (Å²) in [5.74, 6) is -1.50. The third-order valence-electron chi connectivity index (χ3n) is 4.66. The van der Waals surface area contributed by atoms with Gasteiger partial charge in [0.1, 0.15) is 6.54 Å². The summed E-state index contributed by atoms with van der Waals surface area (Å²) in [7, 11) is 5.81. The molecule has 0 saturated heterocycles. The van der Waals surface area contributed by atoms with Gasteiger partial charge in [-0.2, -0.15) is 0 Å². The molecule has 0 rings (SSSR count). The van der Waals surface area contributed by atoms with Gasteiger partial charge >= 0.3 is 5.97 Å². The standard InChI is InChI=1S/C27H45NO4/c1-5-6-7-8-9-10-11-12-13-14-15-16-17-18-19-20-21-22-27(31)32-25(23-26(29)30)24-28(2,3)4/h6-7,9-10,12-13,15-16,25H,5,8,11,14,17-24H2,1-4H3/b7-6-,10-9-,13-12-,16-15-/t25-/m1/s1. The van der Waals surface area contributed by atoms with Gasteiger partial charge in [0.15, 0.2) is 6.10 Å². The van der Waals surface area contributed by atoms with Crippen LogP contribution in [0.3, 0.4) is 0 Å². The highest BCUT2D eigenvalue weighted by atomic mass is 16.5. The Kier molecular flexibility index (Phi) is 18.2. The number of carbonyl (C=O) groups is 2. The van der Waals surface area contributed by atoms with E-state index in [1.807, 2.05) is 21.1 Å². The highest BCUT2D eigenvalue weighted by Gasteiger charge is 2.22. The summed E-state index contributed by atoms with van der Waals surface area (Å²) in [5, 5.41) is 10.9. The molecule has 5 nitrogen and oxygen atoms in total. The number of hydrogen-bond acceptors (Lipinski definition) is 4. The number of esters is 1. The maximum Gasteiger partial charge on any atom is 0.306 e. The van der Waals surface area contributed by atoms with E-state index in [0.29, 0.717) is 17.4 Å². The summed E-state index contributed by atoms with van der Waals surface area (Å²) >= 11 is 0. The fraction of sp³-hybridized carbons (Fsp3) is 0.630. The van der Waals surface area contributed by atoms with Gasteiger partial charge < -0.3 is 19.1 Å². The Morgan fingerprint density at radius 1 is 0.812 bits per heavy atom. The Labute approximate surface area is 196 Å². The van der Waals surface area contributed by atoms with Gasteiger partial charge in [-0.3, -0.25) is 4.79 Å². The molecule has 0 fully saturated rings. The van der Waals surface area contributed by atoms with E-state index in [9.17, 15) is 14.7 Å². The molecule has 0 spiro atoms. The second kappa shape index (κ2) is 19.5. The average molecular weight is 448 g/mol. The lowest BCUT2D eigenvalue weighted by atomic mass is 10.1. The molecule has 0 aliphatic heterocycles. The minimum absolute atomic E-state index is 0.254. The van der Waals surface area contributed by atoms with E-state index in [1.165, 1.54) is 0 Å². The van der Waals surface area contributed by atoms with E-state index >= 15 is 0 Å². The van der Waals surface area contributed by atoms with Gasteiger partial charge in [0.05, 0.1) is 21.1 Å². The SMILES string of the molecule is CC/C=C\C/C=C\C/C=C\C/C=C\CCCCCCC(=O)O[C@H](CC(=O)[O-])C[N+](C)(C)C. The second-order valence-electron chi connectivity index (χ2n) is 9.11. The smallest absolute Gasteiger partial charge is 0.306 e. The largest absolute Gasteiger partial charge is 0.550 e. The van der Waals surface area contributed by atoms with Crippen molar-refractivity contribution < 1.29 is 23.9 Å². The molecule has 0 aliphatic carbocycles. The van der Waals surface area contributed by atoms with Gasteiger partial charge in [-0.05, 0) is 44.9 Å². The molecule has 0 heterocycles. The normalized spacial score (nSPS) is 13.6. The molecule has 1 atom stereocenters. The van der Waals surface area contributed by atoms with E-state index in [4.69, 9.17) is 4.74 Å². The third-order valence-corrected chi connectivity index (χ3v) is 4.66. The second-order valence-corrected chi connectivity index (χ2v) is 9.11. The molecule has 0 unspecified atom stereocenters.